The molecule has 4 N–H and O–H groups in total. The van der Waals surface area contributed by atoms with Gasteiger partial charge >= 0.3 is 0 Å². The largest absolute Gasteiger partial charge is 0.507 e. The molecular formula is C38H40N2O11. The average molecular weight is 701 g/mol. The van der Waals surface area contributed by atoms with E-state index >= 15 is 0 Å². The zero-order chi connectivity index (χ0) is 36.8. The summed E-state index contributed by atoms with van der Waals surface area (Å²) in [5.74, 6) is -3.35. The Hall–Kier alpha value is -4.68. The van der Waals surface area contributed by atoms with Crippen molar-refractivity contribution in [2.75, 3.05) is 20.8 Å². The first-order chi connectivity index (χ1) is 24.3. The van der Waals surface area contributed by atoms with E-state index in [1.54, 1.807) is 6.92 Å². The lowest BCUT2D eigenvalue weighted by atomic mass is 9.72. The maximum absolute atomic E-state index is 14.0. The smallest absolute Gasteiger partial charge is 0.202 e. The molecule has 3 aliphatic rings. The third-order valence-electron chi connectivity index (χ3n) is 10.2. The maximum Gasteiger partial charge on any atom is 0.202 e. The van der Waals surface area contributed by atoms with E-state index in [4.69, 9.17) is 18.9 Å². The Morgan fingerprint density at radius 1 is 1.06 bits per heavy atom. The maximum atomic E-state index is 14.0. The van der Waals surface area contributed by atoms with Crippen LogP contribution in [0, 0.1) is 11.3 Å². The molecule has 1 aliphatic heterocycles. The number of hydrogen-bond donors (Lipinski definition) is 4. The second-order valence-electron chi connectivity index (χ2n) is 13.3. The molecule has 2 aliphatic carbocycles. The van der Waals surface area contributed by atoms with Crippen molar-refractivity contribution in [3.05, 3.63) is 87.5 Å². The molecule has 0 radical (unpaired) electrons. The second-order valence-corrected chi connectivity index (χ2v) is 13.3. The lowest BCUT2D eigenvalue weighted by molar-refractivity contribution is -0.260. The van der Waals surface area contributed by atoms with E-state index in [2.05, 4.69) is 6.07 Å². The van der Waals surface area contributed by atoms with Crippen molar-refractivity contribution in [1.82, 2.24) is 4.90 Å². The molecule has 13 nitrogen and oxygen atoms in total. The Morgan fingerprint density at radius 2 is 1.76 bits per heavy atom. The number of Topliss-reactive ketones (excluding diaryl/α,β-unsaturated/α-hetero) is 1. The van der Waals surface area contributed by atoms with Gasteiger partial charge in [0.05, 0.1) is 54.8 Å². The number of benzene rings is 3. The van der Waals surface area contributed by atoms with Crippen LogP contribution in [-0.2, 0) is 32.0 Å². The zero-order valence-electron chi connectivity index (χ0n) is 28.7. The van der Waals surface area contributed by atoms with Crippen LogP contribution in [-0.4, -0.2) is 99.7 Å². The molecule has 1 saturated heterocycles. The molecule has 0 amide bonds. The van der Waals surface area contributed by atoms with Crippen LogP contribution in [0.5, 0.6) is 17.2 Å². The highest BCUT2D eigenvalue weighted by atomic mass is 16.7. The number of hydrogen-bond acceptors (Lipinski definition) is 13. The van der Waals surface area contributed by atoms with Crippen LogP contribution in [0.4, 0.5) is 0 Å². The molecule has 5 unspecified atom stereocenters. The summed E-state index contributed by atoms with van der Waals surface area (Å²) in [6.07, 6.45) is -5.20. The third kappa shape index (κ3) is 6.29. The number of phenolic OH excluding ortho intramolecular Hbond substituents is 2. The van der Waals surface area contributed by atoms with Crippen LogP contribution in [0.25, 0.3) is 0 Å². The van der Waals surface area contributed by atoms with Crippen molar-refractivity contribution in [2.24, 2.45) is 0 Å². The number of fused-ring (bicyclic) bond motifs is 3. The molecule has 0 spiro atoms. The summed E-state index contributed by atoms with van der Waals surface area (Å²) in [6, 6.07) is 14.6. The first-order valence-corrected chi connectivity index (χ1v) is 16.6. The minimum absolute atomic E-state index is 0.00421. The monoisotopic (exact) mass is 700 g/mol. The number of carbonyl (C=O) groups excluding carboxylic acids is 3. The zero-order valence-corrected chi connectivity index (χ0v) is 28.7. The van der Waals surface area contributed by atoms with Gasteiger partial charge in [0.1, 0.15) is 28.9 Å². The first kappa shape index (κ1) is 36.1. The molecule has 13 heteroatoms. The molecule has 3 aromatic carbocycles. The highest BCUT2D eigenvalue weighted by molar-refractivity contribution is 6.31. The van der Waals surface area contributed by atoms with E-state index in [0.29, 0.717) is 0 Å². The van der Waals surface area contributed by atoms with Gasteiger partial charge in [-0.3, -0.25) is 19.3 Å². The third-order valence-corrected chi connectivity index (χ3v) is 10.2. The van der Waals surface area contributed by atoms with Crippen molar-refractivity contribution >= 4 is 17.3 Å². The molecule has 51 heavy (non-hydrogen) atoms. The average Bonchev–Trinajstić information content (AvgIpc) is 3.11. The summed E-state index contributed by atoms with van der Waals surface area (Å²) < 4.78 is 23.2. The number of rotatable bonds is 10. The van der Waals surface area contributed by atoms with Gasteiger partial charge in [0.2, 0.25) is 5.78 Å². The van der Waals surface area contributed by atoms with Gasteiger partial charge in [-0.15, -0.1) is 0 Å². The van der Waals surface area contributed by atoms with Crippen LogP contribution in [0.3, 0.4) is 0 Å². The molecule has 1 heterocycles. The van der Waals surface area contributed by atoms with E-state index in [9.17, 15) is 40.1 Å². The number of aliphatic hydroxyl groups excluding tert-OH is 1. The Balaban J connectivity index is 1.42. The quantitative estimate of drug-likeness (QED) is 0.176. The number of nitrogens with zero attached hydrogens (tertiary/aromatic N) is 2. The summed E-state index contributed by atoms with van der Waals surface area (Å²) in [6.45, 7) is 3.15. The molecule has 0 bridgehead atoms. The minimum Gasteiger partial charge on any atom is -0.507 e. The van der Waals surface area contributed by atoms with E-state index in [-0.39, 0.29) is 54.0 Å². The van der Waals surface area contributed by atoms with Gasteiger partial charge in [-0.25, -0.2) is 0 Å². The summed E-state index contributed by atoms with van der Waals surface area (Å²) in [4.78, 5) is 42.5. The number of nitriles is 1. The first-order valence-electron chi connectivity index (χ1n) is 16.6. The highest BCUT2D eigenvalue weighted by Gasteiger charge is 2.50. The number of methoxy groups -OCH3 is 2. The highest BCUT2D eigenvalue weighted by Crippen LogP contribution is 2.52. The normalized spacial score (nSPS) is 26.1. The van der Waals surface area contributed by atoms with Gasteiger partial charge in [0, 0.05) is 55.6 Å². The molecule has 7 atom stereocenters. The summed E-state index contributed by atoms with van der Waals surface area (Å²) in [7, 11) is 2.81. The van der Waals surface area contributed by atoms with Crippen molar-refractivity contribution in [1.29, 1.82) is 5.26 Å². The second kappa shape index (κ2) is 14.1. The van der Waals surface area contributed by atoms with Crippen LogP contribution in [0.15, 0.2) is 48.5 Å². The van der Waals surface area contributed by atoms with E-state index < -0.39 is 88.7 Å². The lowest BCUT2D eigenvalue weighted by Gasteiger charge is -2.46. The van der Waals surface area contributed by atoms with Crippen molar-refractivity contribution in [3.8, 4) is 23.3 Å². The predicted molar refractivity (Wildman–Crippen MR) is 179 cm³/mol. The number of carbonyl (C=O) groups is 3. The lowest BCUT2D eigenvalue weighted by Crippen LogP contribution is -2.58. The summed E-state index contributed by atoms with van der Waals surface area (Å²) in [5.41, 5.74) is -2.42. The predicted octanol–water partition coefficient (Wildman–Crippen LogP) is 3.11. The fourth-order valence-corrected chi connectivity index (χ4v) is 7.55. The fraction of sp³-hybridized carbons (Fsp3) is 0.421. The van der Waals surface area contributed by atoms with Gasteiger partial charge in [0.25, 0.3) is 0 Å². The van der Waals surface area contributed by atoms with Crippen LogP contribution in [0.1, 0.15) is 81.3 Å². The molecule has 268 valence electrons. The summed E-state index contributed by atoms with van der Waals surface area (Å²) >= 11 is 0. The Kier molecular flexibility index (Phi) is 10.0. The standard InChI is InChI=1S/C38H40N2O11/c1-19-33(42)25(40(22(16-39)18-48-3)17-21-9-6-5-7-10-21)13-28(50-19)51-27-15-38(47,20(2)41)14-24-30(27)37(46)32-31(35(24)44)34(43)23-11-8-12-26(49-4)29(23)36(32)45/h5-12,19,22,25,27-28,33,42,44,46-47H,13-15,17-18H2,1-4H3/t19?,22?,25?,27-,28?,33?,38-/m0/s1. The Morgan fingerprint density at radius 3 is 2.41 bits per heavy atom. The number of ether oxygens (including phenoxy) is 4. The van der Waals surface area contributed by atoms with Crippen LogP contribution >= 0.6 is 0 Å². The van der Waals surface area contributed by atoms with Gasteiger partial charge in [-0.05, 0) is 25.5 Å². The SMILES string of the molecule is COCC(C#N)N(Cc1ccccc1)C1CC(O[C@H]2C[C@](O)(C(C)=O)Cc3c(O)c4c(c(O)c32)C(=O)c2c(OC)cccc2C4=O)OC(C)C1O. The molecule has 0 saturated carbocycles. The molecule has 0 aromatic heterocycles. The fourth-order valence-electron chi connectivity index (χ4n) is 7.55. The van der Waals surface area contributed by atoms with Crippen molar-refractivity contribution in [2.45, 2.75) is 81.9 Å². The van der Waals surface area contributed by atoms with Gasteiger partial charge < -0.3 is 39.4 Å². The van der Waals surface area contributed by atoms with Crippen molar-refractivity contribution in [3.63, 3.8) is 0 Å². The van der Waals surface area contributed by atoms with E-state index in [1.165, 1.54) is 39.3 Å². The van der Waals surface area contributed by atoms with E-state index in [0.717, 1.165) is 5.56 Å². The Bertz CT molecular complexity index is 1910. The van der Waals surface area contributed by atoms with Gasteiger partial charge in [0.15, 0.2) is 17.9 Å². The van der Waals surface area contributed by atoms with Gasteiger partial charge in [-0.2, -0.15) is 5.26 Å². The van der Waals surface area contributed by atoms with Crippen LogP contribution < -0.4 is 4.74 Å². The molecule has 1 fully saturated rings. The number of aliphatic hydroxyl groups is 2. The number of aromatic hydroxyl groups is 2. The molecule has 6 rings (SSSR count). The number of ketones is 3. The van der Waals surface area contributed by atoms with Crippen LogP contribution in [0.2, 0.25) is 0 Å². The van der Waals surface area contributed by atoms with Crippen molar-refractivity contribution < 1.29 is 53.8 Å². The Labute approximate surface area is 294 Å². The van der Waals surface area contributed by atoms with E-state index in [1.807, 2.05) is 35.2 Å². The van der Waals surface area contributed by atoms with Gasteiger partial charge in [-0.1, -0.05) is 42.5 Å². The molecular weight excluding hydrogens is 660 g/mol. The molecule has 3 aromatic rings. The topological polar surface area (TPSA) is 196 Å². The number of phenols is 2. The summed E-state index contributed by atoms with van der Waals surface area (Å²) in [5, 5.41) is 56.6. The minimum atomic E-state index is -2.08.